The molecule has 4 aliphatic carbocycles. The number of aliphatic hydroxyl groups is 16. The second kappa shape index (κ2) is 29.4. The van der Waals surface area contributed by atoms with Crippen LogP contribution >= 0.6 is 0 Å². The molecule has 82 heavy (non-hydrogen) atoms. The molecule has 0 amide bonds. The fourth-order valence-electron chi connectivity index (χ4n) is 13.1. The van der Waals surface area contributed by atoms with Crippen LogP contribution < -0.4 is 0 Å². The predicted molar refractivity (Wildman–Crippen MR) is 273 cm³/mol. The molecule has 0 spiro atoms. The second-order valence-corrected chi connectivity index (χ2v) is 23.3. The minimum Gasteiger partial charge on any atom is -0.460 e. The van der Waals surface area contributed by atoms with E-state index >= 15 is 0 Å². The maximum Gasteiger partial charge on any atom is 0.330 e. The van der Waals surface area contributed by atoms with E-state index in [4.69, 9.17) is 56.8 Å². The third kappa shape index (κ3) is 15.2. The highest BCUT2D eigenvalue weighted by molar-refractivity contribution is 5.82. The summed E-state index contributed by atoms with van der Waals surface area (Å²) in [5.41, 5.74) is 0. The molecule has 0 aromatic carbocycles. The molecular formula is C54H87O28+. The lowest BCUT2D eigenvalue weighted by molar-refractivity contribution is -0.390. The Bertz CT molecular complexity index is 2060. The van der Waals surface area contributed by atoms with Gasteiger partial charge in [0.15, 0.2) is 37.2 Å². The van der Waals surface area contributed by atoms with Crippen LogP contribution in [0.25, 0.3) is 0 Å². The van der Waals surface area contributed by atoms with E-state index in [1.807, 2.05) is 0 Å². The Kier molecular flexibility index (Phi) is 23.5. The minimum absolute atomic E-state index is 0.0131. The van der Waals surface area contributed by atoms with E-state index in [0.717, 1.165) is 6.08 Å². The molecular weight excluding hydrogens is 1100 g/mol. The van der Waals surface area contributed by atoms with Gasteiger partial charge in [0.2, 0.25) is 0 Å². The number of hydrogen-bond acceptors (Lipinski definition) is 27. The molecule has 0 radical (unpaired) electrons. The van der Waals surface area contributed by atoms with Gasteiger partial charge >= 0.3 is 11.9 Å². The van der Waals surface area contributed by atoms with Gasteiger partial charge in [0.05, 0.1) is 68.0 Å². The lowest BCUT2D eigenvalue weighted by Crippen LogP contribution is -2.66. The number of ether oxygens (including phenoxy) is 12. The number of aliphatic hydroxyl groups excluding tert-OH is 14. The Morgan fingerprint density at radius 3 is 1.71 bits per heavy atom. The highest BCUT2D eigenvalue weighted by Gasteiger charge is 2.58. The van der Waals surface area contributed by atoms with Crippen molar-refractivity contribution in [3.05, 3.63) is 24.3 Å². The summed E-state index contributed by atoms with van der Waals surface area (Å²) in [4.78, 5) is 26.9. The molecule has 4 aliphatic heterocycles. The van der Waals surface area contributed by atoms with Crippen LogP contribution in [0, 0.1) is 23.7 Å². The average molecular weight is 1180 g/mol. The van der Waals surface area contributed by atoms with Crippen molar-refractivity contribution in [2.24, 2.45) is 23.7 Å². The zero-order chi connectivity index (χ0) is 59.3. The van der Waals surface area contributed by atoms with E-state index < -0.39 is 209 Å². The van der Waals surface area contributed by atoms with Gasteiger partial charge in [-0.15, -0.1) is 0 Å². The fourth-order valence-corrected chi connectivity index (χ4v) is 13.1. The van der Waals surface area contributed by atoms with Crippen molar-refractivity contribution in [3.63, 3.8) is 0 Å². The number of carbonyl (C=O) groups excluding carboxylic acids is 2. The van der Waals surface area contributed by atoms with Gasteiger partial charge in [-0.25, -0.2) is 9.59 Å². The first kappa shape index (κ1) is 65.4. The topological polar surface area (TPSA) is 432 Å². The number of fused-ring (bicyclic) bond motifs is 1. The SMILES string of the molecule is COC1CC(C=CC(=O)OCC2OC(OC3CC4C(OC5OC(CO)C(O)C(O)C5O)CC(O)CC4[OH+]C3C3CCC(O)C(O)C3)C(OC3OC(CO)C(O)C(O)C3OC(=O)C=CC3CC(OC)C(O)C(OC)C3)C(O)C2O)CCC1O. The monoisotopic (exact) mass is 1180 g/mol. The second-order valence-electron chi connectivity index (χ2n) is 23.3. The predicted octanol–water partition coefficient (Wildman–Crippen LogP) is -5.67. The zero-order valence-corrected chi connectivity index (χ0v) is 46.1. The summed E-state index contributed by atoms with van der Waals surface area (Å²) >= 11 is 0. The van der Waals surface area contributed by atoms with E-state index in [1.54, 1.807) is 6.08 Å². The van der Waals surface area contributed by atoms with Gasteiger partial charge in [-0.3, -0.25) is 0 Å². The summed E-state index contributed by atoms with van der Waals surface area (Å²) in [5.74, 6) is -3.60. The van der Waals surface area contributed by atoms with Crippen LogP contribution in [0.15, 0.2) is 24.3 Å². The van der Waals surface area contributed by atoms with E-state index in [-0.39, 0.29) is 43.9 Å². The third-order valence-corrected chi connectivity index (χ3v) is 18.0. The zero-order valence-electron chi connectivity index (χ0n) is 46.1. The number of carbonyl (C=O) groups is 2. The quantitative estimate of drug-likeness (QED) is 0.0326. The average Bonchev–Trinajstić information content (AvgIpc) is 3.62. The largest absolute Gasteiger partial charge is 0.460 e. The summed E-state index contributed by atoms with van der Waals surface area (Å²) in [5, 5.41) is 153. The van der Waals surface area contributed by atoms with E-state index in [0.29, 0.717) is 38.5 Å². The number of allylic oxidation sites excluding steroid dienone is 2. The number of hydrogen-bond donors (Lipinski definition) is 14. The molecule has 8 fully saturated rings. The molecule has 29 unspecified atom stereocenters. The first-order valence-corrected chi connectivity index (χ1v) is 28.5. The smallest absolute Gasteiger partial charge is 0.330 e. The fraction of sp³-hybridized carbons (Fsp3) is 0.889. The van der Waals surface area contributed by atoms with Gasteiger partial charge < -0.3 is 128 Å². The number of esters is 2. The summed E-state index contributed by atoms with van der Waals surface area (Å²) in [6.07, 6.45) is -29.1. The lowest BCUT2D eigenvalue weighted by atomic mass is 9.72. The van der Waals surface area contributed by atoms with Crippen LogP contribution in [-0.4, -0.2) is 295 Å². The number of methoxy groups -OCH3 is 3. The molecule has 0 aromatic heterocycles. The standard InChI is InChI=1S/C54H86O28/c1-71-32-12-22(4-8-28(32)59)5-10-39(61)74-21-38-44(66)47(69)51(82-54-50(46(68)43(65)37(20-56)79-54)81-40(62)11-6-23-13-33(72-2)41(63)34(14-23)73-3)53(80-38)77-35-18-26-30(75-49(35)24-7-9-27(58)29(60)15-24)16-25(57)17-31(26)76-52-48(70)45(67)42(64)36(19-55)78-52/h5-6,10-11,22-38,41-60,63-70H,4,7-9,12-21H2,1-3H3/p+1. The van der Waals surface area contributed by atoms with Crippen LogP contribution in [-0.2, 0) is 61.7 Å². The van der Waals surface area contributed by atoms with Crippen molar-refractivity contribution in [1.29, 1.82) is 0 Å². The van der Waals surface area contributed by atoms with Crippen LogP contribution in [0.3, 0.4) is 0 Å². The Morgan fingerprint density at radius 1 is 0.488 bits per heavy atom. The van der Waals surface area contributed by atoms with Gasteiger partial charge in [-0.05, 0) is 69.6 Å². The van der Waals surface area contributed by atoms with Crippen molar-refractivity contribution < 1.29 is 138 Å². The normalized spacial score (nSPS) is 48.6. The van der Waals surface area contributed by atoms with Crippen molar-refractivity contribution >= 4 is 11.9 Å². The summed E-state index contributed by atoms with van der Waals surface area (Å²) in [7, 11) is 4.33. The van der Waals surface area contributed by atoms with E-state index in [9.17, 15) is 81.1 Å². The molecule has 28 nitrogen and oxygen atoms in total. The van der Waals surface area contributed by atoms with Crippen molar-refractivity contribution in [2.75, 3.05) is 41.2 Å². The third-order valence-electron chi connectivity index (χ3n) is 18.0. The van der Waals surface area contributed by atoms with Crippen LogP contribution in [0.4, 0.5) is 0 Å². The van der Waals surface area contributed by atoms with Crippen LogP contribution in [0.5, 0.6) is 0 Å². The molecule has 4 saturated heterocycles. The maximum atomic E-state index is 13.6. The van der Waals surface area contributed by atoms with Gasteiger partial charge in [0, 0.05) is 52.2 Å². The van der Waals surface area contributed by atoms with Crippen LogP contribution in [0.1, 0.15) is 70.6 Å². The highest BCUT2D eigenvalue weighted by atomic mass is 16.8. The Morgan fingerprint density at radius 2 is 1.05 bits per heavy atom. The Labute approximate surface area is 473 Å². The lowest BCUT2D eigenvalue weighted by Gasteiger charge is -2.51. The van der Waals surface area contributed by atoms with E-state index in [1.165, 1.54) is 33.5 Å². The van der Waals surface area contributed by atoms with Crippen LogP contribution in [0.2, 0.25) is 0 Å². The van der Waals surface area contributed by atoms with Crippen molar-refractivity contribution in [1.82, 2.24) is 0 Å². The minimum atomic E-state index is -2.05. The summed E-state index contributed by atoms with van der Waals surface area (Å²) in [6, 6.07) is 0. The van der Waals surface area contributed by atoms with Gasteiger partial charge in [0.1, 0.15) is 86.0 Å². The Hall–Kier alpha value is -2.54. The highest BCUT2D eigenvalue weighted by Crippen LogP contribution is 2.45. The molecule has 4 heterocycles. The molecule has 15 N–H and O–H groups in total. The Balaban J connectivity index is 1.09. The van der Waals surface area contributed by atoms with Crippen molar-refractivity contribution in [2.45, 2.75) is 236 Å². The van der Waals surface area contributed by atoms with Gasteiger partial charge in [-0.1, -0.05) is 12.2 Å². The first-order chi connectivity index (χ1) is 39.2. The number of rotatable bonds is 19. The summed E-state index contributed by atoms with van der Waals surface area (Å²) in [6.45, 7) is -2.32. The first-order valence-electron chi connectivity index (χ1n) is 28.5. The molecule has 8 rings (SSSR count). The van der Waals surface area contributed by atoms with E-state index in [2.05, 4.69) is 0 Å². The van der Waals surface area contributed by atoms with Gasteiger partial charge in [-0.2, -0.15) is 0 Å². The molecule has 4 saturated carbocycles. The molecule has 8 aliphatic rings. The molecule has 0 aromatic rings. The summed E-state index contributed by atoms with van der Waals surface area (Å²) < 4.78 is 70.2. The molecule has 470 valence electrons. The molecule has 0 bridgehead atoms. The van der Waals surface area contributed by atoms with Crippen molar-refractivity contribution in [3.8, 4) is 0 Å². The molecule has 29 atom stereocenters. The maximum absolute atomic E-state index is 13.6. The van der Waals surface area contributed by atoms with Gasteiger partial charge in [0.25, 0.3) is 0 Å². The molecule has 28 heteroatoms.